The lowest BCUT2D eigenvalue weighted by Gasteiger charge is -2.35. The van der Waals surface area contributed by atoms with Crippen molar-refractivity contribution in [3.05, 3.63) is 106 Å². The molecule has 4 aromatic rings. The van der Waals surface area contributed by atoms with E-state index in [-0.39, 0.29) is 11.3 Å². The molecule has 1 amide bonds. The van der Waals surface area contributed by atoms with Gasteiger partial charge in [0.15, 0.2) is 11.5 Å². The van der Waals surface area contributed by atoms with Crippen molar-refractivity contribution >= 4 is 39.7 Å². The lowest BCUT2D eigenvalue weighted by molar-refractivity contribution is -0.116. The third-order valence-corrected chi connectivity index (χ3v) is 7.48. The summed E-state index contributed by atoms with van der Waals surface area (Å²) in [5, 5.41) is 29.4. The SMILES string of the molecule is CCN1C(=O)C(=C(O)C(Cc2ccc(Cl)cc2)Nc2ccc3ccccc3c2)C(O)c2cc(OC)c(OC)cc21. The second-order valence-electron chi connectivity index (χ2n) is 9.61. The minimum absolute atomic E-state index is 0.0891. The van der Waals surface area contributed by atoms with E-state index in [4.69, 9.17) is 21.1 Å². The van der Waals surface area contributed by atoms with Crippen molar-refractivity contribution in [2.45, 2.75) is 25.5 Å². The number of anilines is 2. The molecular weight excluding hydrogens is 528 g/mol. The molecule has 0 saturated carbocycles. The Morgan fingerprint density at radius 2 is 1.65 bits per heavy atom. The number of benzene rings is 4. The van der Waals surface area contributed by atoms with Gasteiger partial charge in [-0.1, -0.05) is 54.1 Å². The summed E-state index contributed by atoms with van der Waals surface area (Å²) < 4.78 is 10.9. The number of carbonyl (C=O) groups is 1. The van der Waals surface area contributed by atoms with Gasteiger partial charge in [-0.05, 0) is 60.0 Å². The maximum Gasteiger partial charge on any atom is 0.260 e. The van der Waals surface area contributed by atoms with Gasteiger partial charge in [0.2, 0.25) is 0 Å². The van der Waals surface area contributed by atoms with Crippen LogP contribution < -0.4 is 19.7 Å². The van der Waals surface area contributed by atoms with Crippen LogP contribution in [0.3, 0.4) is 0 Å². The highest BCUT2D eigenvalue weighted by Gasteiger charge is 2.39. The molecule has 1 aliphatic heterocycles. The lowest BCUT2D eigenvalue weighted by atomic mass is 9.89. The molecule has 206 valence electrons. The van der Waals surface area contributed by atoms with Crippen LogP contribution in [-0.4, -0.2) is 42.9 Å². The Hall–Kier alpha value is -4.20. The number of amides is 1. The summed E-state index contributed by atoms with van der Waals surface area (Å²) in [7, 11) is 3.02. The number of hydrogen-bond acceptors (Lipinski definition) is 6. The van der Waals surface area contributed by atoms with Crippen molar-refractivity contribution in [3.8, 4) is 11.5 Å². The number of methoxy groups -OCH3 is 2. The molecule has 1 aliphatic rings. The smallest absolute Gasteiger partial charge is 0.260 e. The lowest BCUT2D eigenvalue weighted by Crippen LogP contribution is -2.41. The van der Waals surface area contributed by atoms with Crippen molar-refractivity contribution < 1.29 is 24.5 Å². The average molecular weight is 559 g/mol. The molecule has 0 aromatic heterocycles. The van der Waals surface area contributed by atoms with Gasteiger partial charge in [-0.3, -0.25) is 4.79 Å². The normalized spacial score (nSPS) is 16.9. The number of carbonyl (C=O) groups excluding carboxylic acids is 1. The fraction of sp³-hybridized carbons (Fsp3) is 0.219. The topological polar surface area (TPSA) is 91.3 Å². The molecule has 0 bridgehead atoms. The molecule has 2 atom stereocenters. The van der Waals surface area contributed by atoms with Gasteiger partial charge in [0.05, 0.1) is 31.5 Å². The molecule has 7 nitrogen and oxygen atoms in total. The number of hydrogen-bond donors (Lipinski definition) is 3. The second kappa shape index (κ2) is 11.5. The summed E-state index contributed by atoms with van der Waals surface area (Å²) in [4.78, 5) is 15.3. The Morgan fingerprint density at radius 1 is 0.975 bits per heavy atom. The number of aliphatic hydroxyl groups is 2. The van der Waals surface area contributed by atoms with Crippen LogP contribution in [0, 0.1) is 0 Å². The zero-order valence-electron chi connectivity index (χ0n) is 22.5. The first kappa shape index (κ1) is 27.4. The van der Waals surface area contributed by atoms with Crippen LogP contribution in [0.25, 0.3) is 10.8 Å². The Kier molecular flexibility index (Phi) is 7.87. The molecule has 0 aliphatic carbocycles. The summed E-state index contributed by atoms with van der Waals surface area (Å²) in [6.07, 6.45) is -1.04. The van der Waals surface area contributed by atoms with E-state index in [0.717, 1.165) is 22.0 Å². The van der Waals surface area contributed by atoms with Crippen LogP contribution in [0.1, 0.15) is 24.2 Å². The third kappa shape index (κ3) is 5.18. The van der Waals surface area contributed by atoms with Gasteiger partial charge < -0.3 is 29.9 Å². The van der Waals surface area contributed by atoms with E-state index in [1.807, 2.05) is 61.5 Å². The van der Waals surface area contributed by atoms with Crippen molar-refractivity contribution in [1.29, 1.82) is 0 Å². The van der Waals surface area contributed by atoms with Crippen LogP contribution in [-0.2, 0) is 11.2 Å². The van der Waals surface area contributed by atoms with E-state index >= 15 is 0 Å². The third-order valence-electron chi connectivity index (χ3n) is 7.23. The van der Waals surface area contributed by atoms with E-state index in [2.05, 4.69) is 5.32 Å². The zero-order chi connectivity index (χ0) is 28.4. The van der Waals surface area contributed by atoms with Crippen LogP contribution in [0.2, 0.25) is 5.02 Å². The molecular formula is C32H31ClN2O5. The molecule has 2 unspecified atom stereocenters. The highest BCUT2D eigenvalue weighted by Crippen LogP contribution is 2.45. The van der Waals surface area contributed by atoms with Crippen molar-refractivity contribution in [1.82, 2.24) is 0 Å². The second-order valence-corrected chi connectivity index (χ2v) is 10.0. The number of halogens is 1. The van der Waals surface area contributed by atoms with Crippen LogP contribution in [0.5, 0.6) is 11.5 Å². The van der Waals surface area contributed by atoms with Crippen LogP contribution >= 0.6 is 11.6 Å². The predicted octanol–water partition coefficient (Wildman–Crippen LogP) is 6.45. The number of nitrogens with zero attached hydrogens (tertiary/aromatic N) is 1. The minimum atomic E-state index is -1.38. The molecule has 40 heavy (non-hydrogen) atoms. The Morgan fingerprint density at radius 3 is 2.33 bits per heavy atom. The van der Waals surface area contributed by atoms with Crippen LogP contribution in [0.4, 0.5) is 11.4 Å². The monoisotopic (exact) mass is 558 g/mol. The summed E-state index contributed by atoms with van der Waals surface area (Å²) in [6, 6.07) is 23.8. The average Bonchev–Trinajstić information content (AvgIpc) is 2.97. The van der Waals surface area contributed by atoms with Gasteiger partial charge in [-0.2, -0.15) is 0 Å². The molecule has 0 saturated heterocycles. The maximum atomic E-state index is 13.8. The highest BCUT2D eigenvalue weighted by molar-refractivity contribution is 6.30. The number of ether oxygens (including phenoxy) is 2. The fourth-order valence-corrected chi connectivity index (χ4v) is 5.29. The van der Waals surface area contributed by atoms with E-state index in [1.165, 1.54) is 19.1 Å². The van der Waals surface area contributed by atoms with Crippen LogP contribution in [0.15, 0.2) is 90.2 Å². The summed E-state index contributed by atoms with van der Waals surface area (Å²) in [5.74, 6) is 0.139. The van der Waals surface area contributed by atoms with Gasteiger partial charge in [-0.25, -0.2) is 0 Å². The van der Waals surface area contributed by atoms with E-state index in [0.29, 0.717) is 40.7 Å². The Bertz CT molecular complexity index is 1580. The van der Waals surface area contributed by atoms with Gasteiger partial charge in [0.1, 0.15) is 11.9 Å². The summed E-state index contributed by atoms with van der Waals surface area (Å²) in [6.45, 7) is 2.16. The molecule has 8 heteroatoms. The highest BCUT2D eigenvalue weighted by atomic mass is 35.5. The largest absolute Gasteiger partial charge is 0.509 e. The molecule has 3 N–H and O–H groups in total. The molecule has 0 spiro atoms. The first-order chi connectivity index (χ1) is 19.3. The van der Waals surface area contributed by atoms with Gasteiger partial charge in [0.25, 0.3) is 5.91 Å². The Labute approximate surface area is 238 Å². The first-order valence-corrected chi connectivity index (χ1v) is 13.4. The standard InChI is InChI=1S/C32H31ClN2O5/c1-4-35-26-18-28(40-3)27(39-2)17-24(26)30(36)29(32(35)38)31(37)25(15-19-9-12-22(33)13-10-19)34-23-14-11-20-7-5-6-8-21(20)16-23/h5-14,16-18,25,30,34,36-37H,4,15H2,1-3H3. The molecule has 0 radical (unpaired) electrons. The first-order valence-electron chi connectivity index (χ1n) is 13.0. The van der Waals surface area contributed by atoms with Gasteiger partial charge >= 0.3 is 0 Å². The summed E-state index contributed by atoms with van der Waals surface area (Å²) >= 11 is 6.11. The van der Waals surface area contributed by atoms with E-state index in [1.54, 1.807) is 24.3 Å². The fourth-order valence-electron chi connectivity index (χ4n) is 5.17. The quantitative estimate of drug-likeness (QED) is 0.170. The molecule has 1 heterocycles. The van der Waals surface area contributed by atoms with Gasteiger partial charge in [0, 0.05) is 28.9 Å². The Balaban J connectivity index is 1.61. The number of rotatable bonds is 8. The number of aliphatic hydroxyl groups excluding tert-OH is 2. The number of fused-ring (bicyclic) bond motifs is 2. The van der Waals surface area contributed by atoms with Gasteiger partial charge in [-0.15, -0.1) is 0 Å². The number of likely N-dealkylation sites (N-methyl/N-ethyl adjacent to an activating group) is 1. The van der Waals surface area contributed by atoms with Crippen molar-refractivity contribution in [2.24, 2.45) is 0 Å². The van der Waals surface area contributed by atoms with Crippen molar-refractivity contribution in [3.63, 3.8) is 0 Å². The van der Waals surface area contributed by atoms with Crippen molar-refractivity contribution in [2.75, 3.05) is 31.0 Å². The minimum Gasteiger partial charge on any atom is -0.509 e. The predicted molar refractivity (Wildman–Crippen MR) is 159 cm³/mol. The molecule has 0 fully saturated rings. The van der Waals surface area contributed by atoms with E-state index < -0.39 is 18.1 Å². The van der Waals surface area contributed by atoms with E-state index in [9.17, 15) is 15.0 Å². The number of nitrogens with one attached hydrogen (secondary N) is 1. The molecule has 4 aromatic carbocycles. The maximum absolute atomic E-state index is 13.8. The molecule has 5 rings (SSSR count). The summed E-state index contributed by atoms with van der Waals surface area (Å²) in [5.41, 5.74) is 2.52. The zero-order valence-corrected chi connectivity index (χ0v) is 23.3.